The smallest absolute Gasteiger partial charge is 0.250 e. The summed E-state index contributed by atoms with van der Waals surface area (Å²) >= 11 is 5.66. The lowest BCUT2D eigenvalue weighted by Gasteiger charge is -2.08. The lowest BCUT2D eigenvalue weighted by atomic mass is 10.3. The van der Waals surface area contributed by atoms with Gasteiger partial charge in [-0.3, -0.25) is 4.79 Å². The molecule has 5 heteroatoms. The van der Waals surface area contributed by atoms with Gasteiger partial charge in [-0.1, -0.05) is 17.7 Å². The molecule has 2 rings (SSSR count). The van der Waals surface area contributed by atoms with Crippen molar-refractivity contribution < 1.29 is 4.39 Å². The molecule has 1 heterocycles. The lowest BCUT2D eigenvalue weighted by Crippen LogP contribution is -2.21. The first-order valence-corrected chi connectivity index (χ1v) is 5.89. The van der Waals surface area contributed by atoms with Gasteiger partial charge in [-0.25, -0.2) is 4.39 Å². The molecule has 0 saturated carbocycles. The van der Waals surface area contributed by atoms with E-state index in [1.54, 1.807) is 29.0 Å². The van der Waals surface area contributed by atoms with E-state index in [4.69, 9.17) is 11.6 Å². The fraction of sp³-hybridized carbons (Fsp3) is 0.154. The van der Waals surface area contributed by atoms with Crippen LogP contribution in [0.3, 0.4) is 0 Å². The molecule has 0 saturated heterocycles. The molecule has 0 atom stereocenters. The standard InChI is InChI=1S/C13H12ClFN2O/c14-11-9-10(4-5-12(11)15)16-6-8-17-7-2-1-3-13(17)18/h1-5,7,9,16H,6,8H2. The molecule has 0 fully saturated rings. The van der Waals surface area contributed by atoms with Gasteiger partial charge in [0.05, 0.1) is 5.02 Å². The maximum Gasteiger partial charge on any atom is 0.250 e. The molecule has 18 heavy (non-hydrogen) atoms. The average Bonchev–Trinajstić information content (AvgIpc) is 2.36. The number of halogens is 2. The highest BCUT2D eigenvalue weighted by Gasteiger charge is 2.00. The first-order chi connectivity index (χ1) is 8.66. The molecule has 0 amide bonds. The average molecular weight is 267 g/mol. The summed E-state index contributed by atoms with van der Waals surface area (Å²) in [5, 5.41) is 3.16. The Morgan fingerprint density at radius 1 is 1.28 bits per heavy atom. The number of rotatable bonds is 4. The molecular formula is C13H12ClFN2O. The summed E-state index contributed by atoms with van der Waals surface area (Å²) in [4.78, 5) is 11.4. The van der Waals surface area contributed by atoms with Gasteiger partial charge in [-0.15, -0.1) is 0 Å². The van der Waals surface area contributed by atoms with Gasteiger partial charge >= 0.3 is 0 Å². The second kappa shape index (κ2) is 5.69. The van der Waals surface area contributed by atoms with Crippen molar-refractivity contribution in [3.05, 3.63) is 63.8 Å². The summed E-state index contributed by atoms with van der Waals surface area (Å²) < 4.78 is 14.5. The Balaban J connectivity index is 1.95. The molecule has 94 valence electrons. The Bertz CT molecular complexity index is 598. The minimum absolute atomic E-state index is 0.0450. The van der Waals surface area contributed by atoms with Crippen molar-refractivity contribution in [3.63, 3.8) is 0 Å². The van der Waals surface area contributed by atoms with Crippen LogP contribution in [0.5, 0.6) is 0 Å². The van der Waals surface area contributed by atoms with Gasteiger partial charge in [0.25, 0.3) is 5.56 Å². The van der Waals surface area contributed by atoms with Crippen molar-refractivity contribution in [2.75, 3.05) is 11.9 Å². The zero-order valence-electron chi connectivity index (χ0n) is 9.57. The first-order valence-electron chi connectivity index (χ1n) is 5.51. The number of hydrogen-bond donors (Lipinski definition) is 1. The van der Waals surface area contributed by atoms with Crippen molar-refractivity contribution in [2.24, 2.45) is 0 Å². The predicted molar refractivity (Wildman–Crippen MR) is 70.6 cm³/mol. The highest BCUT2D eigenvalue weighted by Crippen LogP contribution is 2.18. The van der Waals surface area contributed by atoms with Crippen LogP contribution in [0, 0.1) is 5.82 Å². The Labute approximate surface area is 109 Å². The van der Waals surface area contributed by atoms with Crippen molar-refractivity contribution in [2.45, 2.75) is 6.54 Å². The molecule has 3 nitrogen and oxygen atoms in total. The van der Waals surface area contributed by atoms with Crippen molar-refractivity contribution in [1.29, 1.82) is 0 Å². The van der Waals surface area contributed by atoms with Crippen LogP contribution in [0.25, 0.3) is 0 Å². The summed E-state index contributed by atoms with van der Waals surface area (Å²) in [7, 11) is 0. The quantitative estimate of drug-likeness (QED) is 0.923. The summed E-state index contributed by atoms with van der Waals surface area (Å²) in [6.07, 6.45) is 1.72. The van der Waals surface area contributed by atoms with Gasteiger partial charge < -0.3 is 9.88 Å². The van der Waals surface area contributed by atoms with E-state index < -0.39 is 5.82 Å². The second-order valence-electron chi connectivity index (χ2n) is 3.79. The Hall–Kier alpha value is -1.81. The number of pyridine rings is 1. The molecule has 0 bridgehead atoms. The maximum atomic E-state index is 12.9. The molecular weight excluding hydrogens is 255 g/mol. The van der Waals surface area contributed by atoms with E-state index in [9.17, 15) is 9.18 Å². The number of nitrogens with zero attached hydrogens (tertiary/aromatic N) is 1. The normalized spacial score (nSPS) is 10.3. The number of benzene rings is 1. The van der Waals surface area contributed by atoms with Crippen LogP contribution in [0.4, 0.5) is 10.1 Å². The third kappa shape index (κ3) is 3.11. The molecule has 0 aliphatic heterocycles. The van der Waals surface area contributed by atoms with Gasteiger partial charge in [0.1, 0.15) is 5.82 Å². The summed E-state index contributed by atoms with van der Waals surface area (Å²) in [5.74, 6) is -0.443. The summed E-state index contributed by atoms with van der Waals surface area (Å²) in [5.41, 5.74) is 0.682. The molecule has 2 aromatic rings. The molecule has 0 unspecified atom stereocenters. The molecule has 1 aromatic carbocycles. The van der Waals surface area contributed by atoms with E-state index in [0.717, 1.165) is 5.69 Å². The number of anilines is 1. The number of aromatic nitrogens is 1. The topological polar surface area (TPSA) is 34.0 Å². The van der Waals surface area contributed by atoms with E-state index in [2.05, 4.69) is 5.32 Å². The third-order valence-electron chi connectivity index (χ3n) is 2.50. The Morgan fingerprint density at radius 3 is 2.83 bits per heavy atom. The van der Waals surface area contributed by atoms with Crippen molar-refractivity contribution >= 4 is 17.3 Å². The van der Waals surface area contributed by atoms with E-state index >= 15 is 0 Å². The predicted octanol–water partition coefficient (Wildman–Crippen LogP) is 2.75. The highest BCUT2D eigenvalue weighted by atomic mass is 35.5. The molecule has 0 aliphatic carbocycles. The van der Waals surface area contributed by atoms with Crippen LogP contribution in [0.15, 0.2) is 47.4 Å². The van der Waals surface area contributed by atoms with E-state index in [0.29, 0.717) is 13.1 Å². The maximum absolute atomic E-state index is 12.9. The zero-order chi connectivity index (χ0) is 13.0. The van der Waals surface area contributed by atoms with Crippen LogP contribution < -0.4 is 10.9 Å². The number of hydrogen-bond acceptors (Lipinski definition) is 2. The van der Waals surface area contributed by atoms with Crippen LogP contribution in [-0.4, -0.2) is 11.1 Å². The molecule has 1 aromatic heterocycles. The second-order valence-corrected chi connectivity index (χ2v) is 4.20. The third-order valence-corrected chi connectivity index (χ3v) is 2.79. The lowest BCUT2D eigenvalue weighted by molar-refractivity contribution is 0.628. The van der Waals surface area contributed by atoms with Gasteiger partial charge in [0.15, 0.2) is 0 Å². The minimum atomic E-state index is -0.443. The van der Waals surface area contributed by atoms with Crippen LogP contribution >= 0.6 is 11.6 Å². The first kappa shape index (κ1) is 12.6. The number of nitrogens with one attached hydrogen (secondary N) is 1. The Morgan fingerprint density at radius 2 is 2.11 bits per heavy atom. The molecule has 1 N–H and O–H groups in total. The van der Waals surface area contributed by atoms with Gasteiger partial charge in [0, 0.05) is 31.0 Å². The summed E-state index contributed by atoms with van der Waals surface area (Å²) in [6.45, 7) is 1.10. The fourth-order valence-electron chi connectivity index (χ4n) is 1.57. The largest absolute Gasteiger partial charge is 0.383 e. The fourth-order valence-corrected chi connectivity index (χ4v) is 1.75. The van der Waals surface area contributed by atoms with E-state index in [1.807, 2.05) is 0 Å². The van der Waals surface area contributed by atoms with Crippen LogP contribution in [-0.2, 0) is 6.54 Å². The SMILES string of the molecule is O=c1ccccn1CCNc1ccc(F)c(Cl)c1. The van der Waals surface area contributed by atoms with Crippen molar-refractivity contribution in [1.82, 2.24) is 4.57 Å². The van der Waals surface area contributed by atoms with Gasteiger partial charge in [0.2, 0.25) is 0 Å². The highest BCUT2D eigenvalue weighted by molar-refractivity contribution is 6.31. The van der Waals surface area contributed by atoms with E-state index in [1.165, 1.54) is 18.2 Å². The molecule has 0 spiro atoms. The zero-order valence-corrected chi connectivity index (χ0v) is 10.3. The Kier molecular flexibility index (Phi) is 3.99. The summed E-state index contributed by atoms with van der Waals surface area (Å²) in [6, 6.07) is 9.44. The van der Waals surface area contributed by atoms with Gasteiger partial charge in [-0.2, -0.15) is 0 Å². The monoisotopic (exact) mass is 266 g/mol. The van der Waals surface area contributed by atoms with Crippen molar-refractivity contribution in [3.8, 4) is 0 Å². The van der Waals surface area contributed by atoms with Crippen LogP contribution in [0.1, 0.15) is 0 Å². The molecule has 0 aliphatic rings. The minimum Gasteiger partial charge on any atom is -0.383 e. The van der Waals surface area contributed by atoms with E-state index in [-0.39, 0.29) is 10.6 Å². The van der Waals surface area contributed by atoms with Gasteiger partial charge in [-0.05, 0) is 24.3 Å². The van der Waals surface area contributed by atoms with Crippen LogP contribution in [0.2, 0.25) is 5.02 Å². The molecule has 0 radical (unpaired) electrons.